The van der Waals surface area contributed by atoms with Gasteiger partial charge in [-0.15, -0.1) is 0 Å². The van der Waals surface area contributed by atoms with Crippen LogP contribution in [0.15, 0.2) is 12.1 Å². The van der Waals surface area contributed by atoms with E-state index in [1.165, 1.54) is 7.11 Å². The first-order chi connectivity index (χ1) is 7.66. The molecule has 1 fully saturated rings. The van der Waals surface area contributed by atoms with E-state index in [0.29, 0.717) is 18.0 Å². The van der Waals surface area contributed by atoms with E-state index >= 15 is 0 Å². The zero-order valence-electron chi connectivity index (χ0n) is 9.62. The molecule has 1 aliphatic carbocycles. The summed E-state index contributed by atoms with van der Waals surface area (Å²) in [5.74, 6) is 1.24. The summed E-state index contributed by atoms with van der Waals surface area (Å²) in [7, 11) is 3.13. The molecule has 0 unspecified atom stereocenters. The maximum atomic E-state index is 9.67. The number of ether oxygens (including phenoxy) is 2. The molecule has 4 heteroatoms. The summed E-state index contributed by atoms with van der Waals surface area (Å²) < 4.78 is 10.4. The van der Waals surface area contributed by atoms with Crippen LogP contribution >= 0.6 is 0 Å². The highest BCUT2D eigenvalue weighted by atomic mass is 16.5. The first-order valence-corrected chi connectivity index (χ1v) is 5.32. The van der Waals surface area contributed by atoms with Crippen LogP contribution in [0.2, 0.25) is 0 Å². The van der Waals surface area contributed by atoms with Gasteiger partial charge >= 0.3 is 0 Å². The van der Waals surface area contributed by atoms with E-state index in [0.717, 1.165) is 18.4 Å². The molecule has 0 spiro atoms. The first kappa shape index (κ1) is 11.1. The lowest BCUT2D eigenvalue weighted by Crippen LogP contribution is -2.20. The Morgan fingerprint density at radius 1 is 1.25 bits per heavy atom. The summed E-state index contributed by atoms with van der Waals surface area (Å²) in [6, 6.07) is 3.41. The van der Waals surface area contributed by atoms with Crippen molar-refractivity contribution in [2.45, 2.75) is 18.3 Å². The molecule has 1 saturated carbocycles. The van der Waals surface area contributed by atoms with Crippen LogP contribution in [-0.2, 0) is 5.41 Å². The number of benzene rings is 1. The van der Waals surface area contributed by atoms with Crippen LogP contribution in [0.5, 0.6) is 17.2 Å². The van der Waals surface area contributed by atoms with Crippen molar-refractivity contribution in [3.05, 3.63) is 17.7 Å². The van der Waals surface area contributed by atoms with Crippen LogP contribution in [0.4, 0.5) is 0 Å². The van der Waals surface area contributed by atoms with Crippen LogP contribution in [-0.4, -0.2) is 25.9 Å². The maximum absolute atomic E-state index is 9.67. The van der Waals surface area contributed by atoms with Crippen molar-refractivity contribution in [2.75, 3.05) is 20.8 Å². The third-order valence-corrected chi connectivity index (χ3v) is 3.32. The summed E-state index contributed by atoms with van der Waals surface area (Å²) in [6.45, 7) is 0.595. The second kappa shape index (κ2) is 3.87. The second-order valence-corrected chi connectivity index (χ2v) is 4.21. The summed E-state index contributed by atoms with van der Waals surface area (Å²) in [6.07, 6.45) is 2.13. The molecule has 1 aliphatic rings. The molecule has 16 heavy (non-hydrogen) atoms. The summed E-state index contributed by atoms with van der Waals surface area (Å²) in [5, 5.41) is 9.67. The SMILES string of the molecule is COc1cc(C2(CN)CC2)c(OC)cc1O. The predicted molar refractivity (Wildman–Crippen MR) is 61.2 cm³/mol. The fourth-order valence-electron chi connectivity index (χ4n) is 2.03. The molecule has 0 aliphatic heterocycles. The third kappa shape index (κ3) is 1.59. The molecular formula is C12H17NO3. The van der Waals surface area contributed by atoms with Gasteiger partial charge in [0.2, 0.25) is 0 Å². The number of methoxy groups -OCH3 is 2. The number of nitrogens with two attached hydrogens (primary N) is 1. The van der Waals surface area contributed by atoms with Gasteiger partial charge in [0.05, 0.1) is 14.2 Å². The van der Waals surface area contributed by atoms with E-state index < -0.39 is 0 Å². The molecule has 0 saturated heterocycles. The monoisotopic (exact) mass is 223 g/mol. The Kier molecular flexibility index (Phi) is 2.68. The van der Waals surface area contributed by atoms with Gasteiger partial charge in [-0.3, -0.25) is 0 Å². The number of phenols is 1. The minimum absolute atomic E-state index is 0.0202. The van der Waals surface area contributed by atoms with E-state index in [9.17, 15) is 5.11 Å². The average molecular weight is 223 g/mol. The molecule has 2 rings (SSSR count). The average Bonchev–Trinajstić information content (AvgIpc) is 3.09. The van der Waals surface area contributed by atoms with Crippen LogP contribution in [0.1, 0.15) is 18.4 Å². The lowest BCUT2D eigenvalue weighted by atomic mass is 9.94. The standard InChI is InChI=1S/C12H17NO3/c1-15-10-6-9(14)11(16-2)5-8(10)12(7-13)3-4-12/h5-6,14H,3-4,7,13H2,1-2H3. The van der Waals surface area contributed by atoms with Crippen molar-refractivity contribution < 1.29 is 14.6 Å². The van der Waals surface area contributed by atoms with Crippen molar-refractivity contribution in [3.63, 3.8) is 0 Å². The van der Waals surface area contributed by atoms with E-state index in [2.05, 4.69) is 0 Å². The van der Waals surface area contributed by atoms with Crippen molar-refractivity contribution in [2.24, 2.45) is 5.73 Å². The number of hydrogen-bond donors (Lipinski definition) is 2. The van der Waals surface area contributed by atoms with Gasteiger partial charge < -0.3 is 20.3 Å². The molecule has 0 bridgehead atoms. The molecule has 88 valence electrons. The zero-order chi connectivity index (χ0) is 11.8. The Bertz CT molecular complexity index is 399. The van der Waals surface area contributed by atoms with Crippen molar-refractivity contribution >= 4 is 0 Å². The van der Waals surface area contributed by atoms with Gasteiger partial charge in [-0.05, 0) is 18.9 Å². The maximum Gasteiger partial charge on any atom is 0.161 e. The molecule has 4 nitrogen and oxygen atoms in total. The van der Waals surface area contributed by atoms with Gasteiger partial charge in [0.25, 0.3) is 0 Å². The minimum atomic E-state index is 0.0202. The fraction of sp³-hybridized carbons (Fsp3) is 0.500. The smallest absolute Gasteiger partial charge is 0.161 e. The van der Waals surface area contributed by atoms with Gasteiger partial charge in [0.15, 0.2) is 11.5 Å². The number of phenolic OH excluding ortho intramolecular Hbond substituents is 1. The Labute approximate surface area is 95.0 Å². The largest absolute Gasteiger partial charge is 0.504 e. The quantitative estimate of drug-likeness (QED) is 0.809. The highest BCUT2D eigenvalue weighted by Gasteiger charge is 2.45. The van der Waals surface area contributed by atoms with Crippen LogP contribution in [0.3, 0.4) is 0 Å². The van der Waals surface area contributed by atoms with Crippen molar-refractivity contribution in [3.8, 4) is 17.2 Å². The van der Waals surface area contributed by atoms with Crippen molar-refractivity contribution in [1.29, 1.82) is 0 Å². The van der Waals surface area contributed by atoms with Crippen molar-refractivity contribution in [1.82, 2.24) is 0 Å². The number of rotatable bonds is 4. The third-order valence-electron chi connectivity index (χ3n) is 3.32. The molecule has 0 radical (unpaired) electrons. The fourth-order valence-corrected chi connectivity index (χ4v) is 2.03. The minimum Gasteiger partial charge on any atom is -0.504 e. The van der Waals surface area contributed by atoms with Gasteiger partial charge in [-0.1, -0.05) is 0 Å². The van der Waals surface area contributed by atoms with Crippen LogP contribution in [0.25, 0.3) is 0 Å². The summed E-state index contributed by atoms with van der Waals surface area (Å²) in [5.41, 5.74) is 6.85. The first-order valence-electron chi connectivity index (χ1n) is 5.32. The molecular weight excluding hydrogens is 206 g/mol. The van der Waals surface area contributed by atoms with E-state index in [4.69, 9.17) is 15.2 Å². The predicted octanol–water partition coefficient (Wildman–Crippen LogP) is 1.40. The van der Waals surface area contributed by atoms with Crippen LogP contribution < -0.4 is 15.2 Å². The zero-order valence-corrected chi connectivity index (χ0v) is 9.62. The summed E-state index contributed by atoms with van der Waals surface area (Å²) in [4.78, 5) is 0. The molecule has 0 atom stereocenters. The van der Waals surface area contributed by atoms with E-state index in [1.807, 2.05) is 6.07 Å². The normalized spacial score (nSPS) is 16.9. The topological polar surface area (TPSA) is 64.7 Å². The van der Waals surface area contributed by atoms with Gasteiger partial charge in [-0.25, -0.2) is 0 Å². The van der Waals surface area contributed by atoms with Gasteiger partial charge in [-0.2, -0.15) is 0 Å². The second-order valence-electron chi connectivity index (χ2n) is 4.21. The summed E-state index contributed by atoms with van der Waals surface area (Å²) >= 11 is 0. The van der Waals surface area contributed by atoms with Gasteiger partial charge in [0.1, 0.15) is 5.75 Å². The highest BCUT2D eigenvalue weighted by molar-refractivity contribution is 5.54. The molecule has 1 aromatic carbocycles. The Hall–Kier alpha value is -1.42. The van der Waals surface area contributed by atoms with E-state index in [1.54, 1.807) is 13.2 Å². The Morgan fingerprint density at radius 3 is 2.31 bits per heavy atom. The lowest BCUT2D eigenvalue weighted by Gasteiger charge is -2.18. The number of aromatic hydroxyl groups is 1. The Balaban J connectivity index is 2.50. The van der Waals surface area contributed by atoms with Crippen LogP contribution in [0, 0.1) is 0 Å². The Morgan fingerprint density at radius 2 is 1.88 bits per heavy atom. The molecule has 0 heterocycles. The molecule has 1 aromatic rings. The molecule has 0 aromatic heterocycles. The lowest BCUT2D eigenvalue weighted by molar-refractivity contribution is 0.361. The van der Waals surface area contributed by atoms with Gasteiger partial charge in [0, 0.05) is 23.6 Å². The highest BCUT2D eigenvalue weighted by Crippen LogP contribution is 2.52. The molecule has 3 N–H and O–H groups in total. The number of hydrogen-bond acceptors (Lipinski definition) is 4. The molecule has 0 amide bonds. The van der Waals surface area contributed by atoms with E-state index in [-0.39, 0.29) is 11.2 Å².